The third kappa shape index (κ3) is 2.49. The Balaban J connectivity index is 2.00. The van der Waals surface area contributed by atoms with Gasteiger partial charge in [0.25, 0.3) is 11.2 Å². The van der Waals surface area contributed by atoms with Gasteiger partial charge in [-0.15, -0.1) is 0 Å². The van der Waals surface area contributed by atoms with Crippen LogP contribution in [-0.4, -0.2) is 20.1 Å². The number of hydrogen-bond acceptors (Lipinski definition) is 5. The van der Waals surface area contributed by atoms with Gasteiger partial charge in [0.1, 0.15) is 0 Å². The van der Waals surface area contributed by atoms with Gasteiger partial charge >= 0.3 is 5.69 Å². The lowest BCUT2D eigenvalue weighted by Gasteiger charge is -2.25. The highest BCUT2D eigenvalue weighted by Gasteiger charge is 2.28. The smallest absolute Gasteiger partial charge is 0.330 e. The van der Waals surface area contributed by atoms with Gasteiger partial charge in [-0.25, -0.2) is 4.79 Å². The number of anilines is 1. The molecule has 0 fully saturated rings. The van der Waals surface area contributed by atoms with Gasteiger partial charge in [0, 0.05) is 49.7 Å². The van der Waals surface area contributed by atoms with E-state index in [0.717, 1.165) is 15.8 Å². The maximum absolute atomic E-state index is 12.1. The molecule has 1 aliphatic rings. The molecule has 0 radical (unpaired) electrons. The second kappa shape index (κ2) is 5.63. The third-order valence-electron chi connectivity index (χ3n) is 4.59. The standard InChI is InChI=1S/C16H18N4O4/c1-10-6-11-7-12(20(23)24)4-5-14(11)19(10)9-13-8-15(21)18(3)16(22)17(13)2/h4-5,7-8,10H,6,9H2,1-3H3/t10-/m1/s1. The number of nitrogens with zero attached hydrogens (tertiary/aromatic N) is 4. The number of nitro benzene ring substituents is 1. The summed E-state index contributed by atoms with van der Waals surface area (Å²) in [5.41, 5.74) is 1.79. The molecular weight excluding hydrogens is 312 g/mol. The molecular formula is C16H18N4O4. The molecule has 0 N–H and O–H groups in total. The lowest BCUT2D eigenvalue weighted by Crippen LogP contribution is -2.40. The first-order valence-electron chi connectivity index (χ1n) is 7.59. The summed E-state index contributed by atoms with van der Waals surface area (Å²) in [6.07, 6.45) is 0.690. The van der Waals surface area contributed by atoms with E-state index in [2.05, 4.69) is 4.90 Å². The normalized spacial score (nSPS) is 16.3. The van der Waals surface area contributed by atoms with Gasteiger partial charge in [0.2, 0.25) is 0 Å². The largest absolute Gasteiger partial charge is 0.362 e. The van der Waals surface area contributed by atoms with Crippen LogP contribution in [-0.2, 0) is 27.1 Å². The molecule has 3 rings (SSSR count). The lowest BCUT2D eigenvalue weighted by molar-refractivity contribution is -0.384. The average Bonchev–Trinajstić information content (AvgIpc) is 2.85. The molecule has 0 bridgehead atoms. The van der Waals surface area contributed by atoms with Gasteiger partial charge in [-0.3, -0.25) is 24.0 Å². The Kier molecular flexibility index (Phi) is 3.75. The summed E-state index contributed by atoms with van der Waals surface area (Å²) >= 11 is 0. The Morgan fingerprint density at radius 1 is 1.21 bits per heavy atom. The Morgan fingerprint density at radius 3 is 2.58 bits per heavy atom. The Hall–Kier alpha value is -2.90. The quantitative estimate of drug-likeness (QED) is 0.617. The Bertz CT molecular complexity index is 944. The molecule has 126 valence electrons. The fourth-order valence-corrected chi connectivity index (χ4v) is 3.14. The minimum Gasteiger partial charge on any atom is -0.362 e. The van der Waals surface area contributed by atoms with Crippen molar-refractivity contribution in [3.05, 3.63) is 66.5 Å². The monoisotopic (exact) mass is 330 g/mol. The molecule has 8 nitrogen and oxygen atoms in total. The van der Waals surface area contributed by atoms with Crippen molar-refractivity contribution in [1.82, 2.24) is 9.13 Å². The van der Waals surface area contributed by atoms with Crippen molar-refractivity contribution < 1.29 is 4.92 Å². The average molecular weight is 330 g/mol. The molecule has 1 aromatic carbocycles. The highest BCUT2D eigenvalue weighted by Crippen LogP contribution is 2.35. The zero-order valence-corrected chi connectivity index (χ0v) is 13.7. The van der Waals surface area contributed by atoms with Crippen LogP contribution in [0, 0.1) is 10.1 Å². The number of rotatable bonds is 3. The summed E-state index contributed by atoms with van der Waals surface area (Å²) < 4.78 is 2.52. The fourth-order valence-electron chi connectivity index (χ4n) is 3.14. The van der Waals surface area contributed by atoms with Crippen LogP contribution in [0.2, 0.25) is 0 Å². The predicted octanol–water partition coefficient (Wildman–Crippen LogP) is 0.943. The van der Waals surface area contributed by atoms with E-state index in [-0.39, 0.29) is 23.0 Å². The van der Waals surface area contributed by atoms with Gasteiger partial charge in [-0.2, -0.15) is 0 Å². The minimum atomic E-state index is -0.405. The van der Waals surface area contributed by atoms with Crippen molar-refractivity contribution in [2.45, 2.75) is 25.9 Å². The predicted molar refractivity (Wildman–Crippen MR) is 89.4 cm³/mol. The zero-order chi connectivity index (χ0) is 17.6. The molecule has 1 aliphatic heterocycles. The zero-order valence-electron chi connectivity index (χ0n) is 13.7. The summed E-state index contributed by atoms with van der Waals surface area (Å²) in [7, 11) is 3.08. The van der Waals surface area contributed by atoms with Gasteiger partial charge in [0.15, 0.2) is 0 Å². The number of non-ortho nitro benzene ring substituents is 1. The van der Waals surface area contributed by atoms with Gasteiger partial charge < -0.3 is 4.90 Å². The highest BCUT2D eigenvalue weighted by atomic mass is 16.6. The van der Waals surface area contributed by atoms with Crippen LogP contribution in [0.25, 0.3) is 0 Å². The van der Waals surface area contributed by atoms with E-state index in [1.165, 1.54) is 23.7 Å². The topological polar surface area (TPSA) is 90.4 Å². The van der Waals surface area contributed by atoms with Crippen molar-refractivity contribution in [3.8, 4) is 0 Å². The number of nitro groups is 1. The van der Waals surface area contributed by atoms with E-state index in [9.17, 15) is 19.7 Å². The molecule has 8 heteroatoms. The number of benzene rings is 1. The molecule has 0 spiro atoms. The second-order valence-corrected chi connectivity index (χ2v) is 6.13. The SMILES string of the molecule is C[C@@H]1Cc2cc([N+](=O)[O-])ccc2N1Cc1cc(=O)n(C)c(=O)n1C. The van der Waals surface area contributed by atoms with E-state index < -0.39 is 4.92 Å². The van der Waals surface area contributed by atoms with Gasteiger partial charge in [-0.05, 0) is 25.0 Å². The van der Waals surface area contributed by atoms with Crippen molar-refractivity contribution in [1.29, 1.82) is 0 Å². The summed E-state index contributed by atoms with van der Waals surface area (Å²) in [6, 6.07) is 6.39. The molecule has 2 aromatic rings. The molecule has 0 saturated carbocycles. The number of aromatic nitrogens is 2. The third-order valence-corrected chi connectivity index (χ3v) is 4.59. The Labute approximate surface area is 137 Å². The van der Waals surface area contributed by atoms with E-state index in [1.54, 1.807) is 19.2 Å². The van der Waals surface area contributed by atoms with Crippen molar-refractivity contribution in [2.75, 3.05) is 4.90 Å². The van der Waals surface area contributed by atoms with Crippen LogP contribution in [0.3, 0.4) is 0 Å². The molecule has 0 amide bonds. The van der Waals surface area contributed by atoms with Crippen LogP contribution in [0.5, 0.6) is 0 Å². The molecule has 0 aliphatic carbocycles. The molecule has 1 aromatic heterocycles. The summed E-state index contributed by atoms with van der Waals surface area (Å²) in [5.74, 6) is 0. The maximum Gasteiger partial charge on any atom is 0.330 e. The van der Waals surface area contributed by atoms with Crippen LogP contribution < -0.4 is 16.1 Å². The molecule has 0 saturated heterocycles. The van der Waals surface area contributed by atoms with E-state index >= 15 is 0 Å². The first-order chi connectivity index (χ1) is 11.3. The molecule has 24 heavy (non-hydrogen) atoms. The van der Waals surface area contributed by atoms with E-state index in [0.29, 0.717) is 18.7 Å². The first kappa shape index (κ1) is 16.0. The lowest BCUT2D eigenvalue weighted by atomic mass is 10.1. The maximum atomic E-state index is 12.1. The van der Waals surface area contributed by atoms with E-state index in [4.69, 9.17) is 0 Å². The number of hydrogen-bond donors (Lipinski definition) is 0. The van der Waals surface area contributed by atoms with Crippen molar-refractivity contribution in [3.63, 3.8) is 0 Å². The van der Waals surface area contributed by atoms with Gasteiger partial charge in [-0.1, -0.05) is 0 Å². The van der Waals surface area contributed by atoms with Crippen molar-refractivity contribution in [2.24, 2.45) is 14.1 Å². The number of fused-ring (bicyclic) bond motifs is 1. The first-order valence-corrected chi connectivity index (χ1v) is 7.59. The Morgan fingerprint density at radius 2 is 1.92 bits per heavy atom. The van der Waals surface area contributed by atoms with E-state index in [1.807, 2.05) is 6.92 Å². The molecule has 2 heterocycles. The summed E-state index contributed by atoms with van der Waals surface area (Å²) in [4.78, 5) is 36.5. The van der Waals surface area contributed by atoms with Crippen LogP contribution in [0.1, 0.15) is 18.2 Å². The van der Waals surface area contributed by atoms with Gasteiger partial charge in [0.05, 0.1) is 11.5 Å². The van der Waals surface area contributed by atoms with Crippen LogP contribution in [0.15, 0.2) is 33.9 Å². The summed E-state index contributed by atoms with van der Waals surface area (Å²) in [6.45, 7) is 2.42. The second-order valence-electron chi connectivity index (χ2n) is 6.13. The molecule has 1 atom stereocenters. The van der Waals surface area contributed by atoms with Crippen molar-refractivity contribution >= 4 is 11.4 Å². The molecule has 0 unspecified atom stereocenters. The van der Waals surface area contributed by atoms with Crippen LogP contribution in [0.4, 0.5) is 11.4 Å². The summed E-state index contributed by atoms with van der Waals surface area (Å²) in [5, 5.41) is 10.9. The minimum absolute atomic E-state index is 0.0729. The highest BCUT2D eigenvalue weighted by molar-refractivity contribution is 5.62. The fraction of sp³-hybridized carbons (Fsp3) is 0.375. The van der Waals surface area contributed by atoms with Crippen LogP contribution >= 0.6 is 0 Å².